The number of carbonyl (C=O) groups excluding carboxylic acids is 1. The van der Waals surface area contributed by atoms with Crippen LogP contribution in [0.5, 0.6) is 11.5 Å². The number of carbonyl (C=O) groups is 1. The highest BCUT2D eigenvalue weighted by atomic mass is 35.5. The van der Waals surface area contributed by atoms with Crippen LogP contribution in [0.4, 0.5) is 4.39 Å². The summed E-state index contributed by atoms with van der Waals surface area (Å²) in [6.07, 6.45) is 0. The number of phenols is 1. The Balaban J connectivity index is 3.38. The van der Waals surface area contributed by atoms with Gasteiger partial charge in [0.25, 0.3) is 0 Å². The first-order valence-corrected chi connectivity index (χ1v) is 4.83. The van der Waals surface area contributed by atoms with Gasteiger partial charge in [-0.1, -0.05) is 11.6 Å². The number of halogens is 2. The number of hydrogen-bond donors (Lipinski definition) is 2. The Labute approximate surface area is 97.0 Å². The fourth-order valence-electron chi connectivity index (χ4n) is 1.30. The van der Waals surface area contributed by atoms with Crippen molar-refractivity contribution < 1.29 is 19.0 Å². The molecule has 0 radical (unpaired) electrons. The first-order valence-electron chi connectivity index (χ1n) is 4.45. The Bertz CT molecular complexity index is 423. The number of hydrogen-bond acceptors (Lipinski definition) is 4. The van der Waals surface area contributed by atoms with Gasteiger partial charge in [-0.2, -0.15) is 0 Å². The highest BCUT2D eigenvalue weighted by Crippen LogP contribution is 2.37. The summed E-state index contributed by atoms with van der Waals surface area (Å²) in [6, 6.07) is 0.803. The number of methoxy groups -OCH3 is 1. The van der Waals surface area contributed by atoms with E-state index >= 15 is 0 Å². The average Bonchev–Trinajstić information content (AvgIpc) is 2.23. The van der Waals surface area contributed by atoms with Crippen LogP contribution in [0.1, 0.15) is 10.4 Å². The molecule has 1 aromatic carbocycles. The van der Waals surface area contributed by atoms with E-state index in [4.69, 9.17) is 16.3 Å². The van der Waals surface area contributed by atoms with Crippen LogP contribution in [-0.2, 0) is 0 Å². The maximum atomic E-state index is 13.2. The van der Waals surface area contributed by atoms with Gasteiger partial charge < -0.3 is 15.2 Å². The van der Waals surface area contributed by atoms with E-state index in [2.05, 4.69) is 5.32 Å². The second-order valence-electron chi connectivity index (χ2n) is 3.05. The van der Waals surface area contributed by atoms with E-state index in [1.807, 2.05) is 0 Å². The maximum absolute atomic E-state index is 13.2. The summed E-state index contributed by atoms with van der Waals surface area (Å²) >= 11 is 5.66. The summed E-state index contributed by atoms with van der Waals surface area (Å²) in [5.41, 5.74) is -0.156. The van der Waals surface area contributed by atoms with Crippen molar-refractivity contribution in [2.75, 3.05) is 20.7 Å². The molecule has 0 aliphatic heterocycles. The van der Waals surface area contributed by atoms with E-state index in [1.165, 1.54) is 7.11 Å². The minimum atomic E-state index is -0.862. The molecule has 0 aromatic heterocycles. The van der Waals surface area contributed by atoms with E-state index in [9.17, 15) is 14.3 Å². The van der Waals surface area contributed by atoms with Crippen LogP contribution in [0, 0.1) is 5.82 Å². The van der Waals surface area contributed by atoms with Crippen molar-refractivity contribution in [2.24, 2.45) is 0 Å². The van der Waals surface area contributed by atoms with Gasteiger partial charge in [-0.15, -0.1) is 0 Å². The number of ether oxygens (including phenoxy) is 1. The predicted octanol–water partition coefficient (Wildman–Crippen LogP) is 1.60. The molecule has 0 heterocycles. The molecule has 0 aliphatic rings. The Morgan fingerprint density at radius 3 is 2.81 bits per heavy atom. The Kier molecular flexibility index (Phi) is 4.09. The predicted molar refractivity (Wildman–Crippen MR) is 57.9 cm³/mol. The highest BCUT2D eigenvalue weighted by molar-refractivity contribution is 6.34. The third-order valence-electron chi connectivity index (χ3n) is 1.97. The van der Waals surface area contributed by atoms with Crippen molar-refractivity contribution in [3.05, 3.63) is 22.5 Å². The zero-order valence-electron chi connectivity index (χ0n) is 8.80. The molecule has 0 saturated carbocycles. The van der Waals surface area contributed by atoms with Crippen LogP contribution in [0.2, 0.25) is 5.02 Å². The highest BCUT2D eigenvalue weighted by Gasteiger charge is 2.22. The van der Waals surface area contributed by atoms with Gasteiger partial charge in [0.15, 0.2) is 17.3 Å². The van der Waals surface area contributed by atoms with Crippen molar-refractivity contribution in [2.45, 2.75) is 0 Å². The van der Waals surface area contributed by atoms with E-state index in [1.54, 1.807) is 7.05 Å². The third-order valence-corrected chi connectivity index (χ3v) is 2.34. The molecular weight excluding hydrogens is 237 g/mol. The summed E-state index contributed by atoms with van der Waals surface area (Å²) in [5, 5.41) is 11.7. The summed E-state index contributed by atoms with van der Waals surface area (Å²) < 4.78 is 18.1. The van der Waals surface area contributed by atoms with Crippen LogP contribution in [0.15, 0.2) is 6.07 Å². The molecule has 0 spiro atoms. The van der Waals surface area contributed by atoms with Gasteiger partial charge >= 0.3 is 0 Å². The average molecular weight is 248 g/mol. The van der Waals surface area contributed by atoms with Crippen LogP contribution >= 0.6 is 11.6 Å². The first-order chi connectivity index (χ1) is 7.52. The van der Waals surface area contributed by atoms with E-state index in [0.717, 1.165) is 6.07 Å². The normalized spacial score (nSPS) is 10.2. The van der Waals surface area contributed by atoms with Crippen molar-refractivity contribution in [3.63, 3.8) is 0 Å². The van der Waals surface area contributed by atoms with Gasteiger partial charge in [0.1, 0.15) is 5.82 Å². The molecule has 0 aliphatic carbocycles. The fraction of sp³-hybridized carbons (Fsp3) is 0.300. The number of benzene rings is 1. The summed E-state index contributed by atoms with van der Waals surface area (Å²) in [7, 11) is 2.83. The van der Waals surface area contributed by atoms with Crippen molar-refractivity contribution in [1.82, 2.24) is 5.32 Å². The Morgan fingerprint density at radius 2 is 2.31 bits per heavy atom. The molecule has 16 heavy (non-hydrogen) atoms. The summed E-state index contributed by atoms with van der Waals surface area (Å²) in [5.74, 6) is -1.89. The van der Waals surface area contributed by atoms with Gasteiger partial charge in [-0.25, -0.2) is 4.39 Å². The lowest BCUT2D eigenvalue weighted by molar-refractivity contribution is 0.0989. The van der Waals surface area contributed by atoms with Crippen molar-refractivity contribution in [1.29, 1.82) is 0 Å². The number of likely N-dealkylation sites (N-methyl/N-ethyl adjacent to an activating group) is 1. The minimum absolute atomic E-state index is 0.0288. The van der Waals surface area contributed by atoms with Gasteiger partial charge in [-0.05, 0) is 7.05 Å². The first kappa shape index (κ1) is 12.7. The van der Waals surface area contributed by atoms with Gasteiger partial charge in [-0.3, -0.25) is 4.79 Å². The molecule has 0 unspecified atom stereocenters. The molecule has 2 N–H and O–H groups in total. The second kappa shape index (κ2) is 5.14. The molecule has 4 nitrogen and oxygen atoms in total. The van der Waals surface area contributed by atoms with E-state index in [0.29, 0.717) is 0 Å². The molecule has 88 valence electrons. The number of ketones is 1. The quantitative estimate of drug-likeness (QED) is 0.794. The number of rotatable bonds is 4. The zero-order chi connectivity index (χ0) is 12.3. The molecular formula is C10H11ClFNO3. The number of aromatic hydroxyl groups is 1. The van der Waals surface area contributed by atoms with Gasteiger partial charge in [0.05, 0.1) is 24.2 Å². The lowest BCUT2D eigenvalue weighted by atomic mass is 10.1. The van der Waals surface area contributed by atoms with Gasteiger partial charge in [0, 0.05) is 6.07 Å². The fourth-order valence-corrected chi connectivity index (χ4v) is 1.55. The smallest absolute Gasteiger partial charge is 0.182 e. The van der Waals surface area contributed by atoms with E-state index in [-0.39, 0.29) is 22.9 Å². The van der Waals surface area contributed by atoms with Crippen molar-refractivity contribution in [3.8, 4) is 11.5 Å². The van der Waals surface area contributed by atoms with Crippen molar-refractivity contribution >= 4 is 17.4 Å². The standard InChI is InChI=1S/C10H11ClFNO3/c1-13-4-7(15)8-9(11)5(12)3-6(14)10(8)16-2/h3,13-14H,4H2,1-2H3. The molecule has 0 bridgehead atoms. The second-order valence-corrected chi connectivity index (χ2v) is 3.43. The molecule has 6 heteroatoms. The van der Waals surface area contributed by atoms with Crippen LogP contribution in [0.3, 0.4) is 0 Å². The molecule has 1 rings (SSSR count). The summed E-state index contributed by atoms with van der Waals surface area (Å²) in [6.45, 7) is -0.0288. The SMILES string of the molecule is CNCC(=O)c1c(Cl)c(F)cc(O)c1OC. The van der Waals surface area contributed by atoms with E-state index < -0.39 is 17.3 Å². The lowest BCUT2D eigenvalue weighted by Gasteiger charge is -2.11. The molecule has 0 saturated heterocycles. The monoisotopic (exact) mass is 247 g/mol. The Morgan fingerprint density at radius 1 is 1.69 bits per heavy atom. The zero-order valence-corrected chi connectivity index (χ0v) is 9.56. The lowest BCUT2D eigenvalue weighted by Crippen LogP contribution is -2.19. The third kappa shape index (κ3) is 2.25. The molecule has 0 amide bonds. The largest absolute Gasteiger partial charge is 0.504 e. The Hall–Kier alpha value is -1.33. The number of Topliss-reactive ketones (excluding diaryl/α,β-unsaturated/α-hetero) is 1. The van der Waals surface area contributed by atoms with Crippen LogP contribution < -0.4 is 10.1 Å². The van der Waals surface area contributed by atoms with Gasteiger partial charge in [0.2, 0.25) is 0 Å². The number of nitrogens with one attached hydrogen (secondary N) is 1. The topological polar surface area (TPSA) is 58.6 Å². The molecule has 0 fully saturated rings. The van der Waals surface area contributed by atoms with Crippen LogP contribution in [-0.4, -0.2) is 31.6 Å². The summed E-state index contributed by atoms with van der Waals surface area (Å²) in [4.78, 5) is 11.6. The molecule has 1 aromatic rings. The minimum Gasteiger partial charge on any atom is -0.504 e. The van der Waals surface area contributed by atoms with Crippen LogP contribution in [0.25, 0.3) is 0 Å². The number of phenolic OH excluding ortho intramolecular Hbond substituents is 1. The maximum Gasteiger partial charge on any atom is 0.182 e. The molecule has 0 atom stereocenters.